The number of nitrogens with zero attached hydrogens (tertiary/aromatic N) is 1. The molecule has 106 valence electrons. The quantitative estimate of drug-likeness (QED) is 0.889. The lowest BCUT2D eigenvalue weighted by molar-refractivity contribution is -0.119. The number of anilines is 1. The van der Waals surface area contributed by atoms with Gasteiger partial charge in [-0.15, -0.1) is 11.3 Å². The van der Waals surface area contributed by atoms with Crippen molar-refractivity contribution in [1.82, 2.24) is 4.98 Å². The van der Waals surface area contributed by atoms with Crippen LogP contribution >= 0.6 is 11.3 Å². The predicted octanol–water partition coefficient (Wildman–Crippen LogP) is 2.41. The number of hydrogen-bond donors (Lipinski definition) is 2. The highest BCUT2D eigenvalue weighted by molar-refractivity contribution is 7.15. The van der Waals surface area contributed by atoms with E-state index >= 15 is 0 Å². The molecule has 0 fully saturated rings. The number of nitrogens with one attached hydrogen (secondary N) is 1. The minimum atomic E-state index is -0.256. The van der Waals surface area contributed by atoms with Crippen LogP contribution in [0.2, 0.25) is 0 Å². The summed E-state index contributed by atoms with van der Waals surface area (Å²) >= 11 is 1.34. The van der Waals surface area contributed by atoms with Gasteiger partial charge in [0.05, 0.1) is 0 Å². The molecule has 1 atom stereocenters. The molecule has 1 aromatic carbocycles. The molecular weight excluding hydrogens is 277 g/mol. The summed E-state index contributed by atoms with van der Waals surface area (Å²) in [6, 6.07) is 6.63. The second-order valence-corrected chi connectivity index (χ2v) is 5.64. The molecule has 1 heterocycles. The highest BCUT2D eigenvalue weighted by Gasteiger charge is 2.13. The molecule has 20 heavy (non-hydrogen) atoms. The van der Waals surface area contributed by atoms with E-state index in [1.807, 2.05) is 0 Å². The van der Waals surface area contributed by atoms with Gasteiger partial charge in [-0.1, -0.05) is 25.1 Å². The number of halogens is 1. The summed E-state index contributed by atoms with van der Waals surface area (Å²) in [5, 5.41) is 3.22. The number of carbonyl (C=O) groups excluding carboxylic acids is 1. The molecule has 0 aliphatic rings. The zero-order chi connectivity index (χ0) is 14.5. The van der Waals surface area contributed by atoms with E-state index < -0.39 is 0 Å². The number of nitrogens with two attached hydrogens (primary N) is 1. The second kappa shape index (κ2) is 6.58. The van der Waals surface area contributed by atoms with Crippen molar-refractivity contribution < 1.29 is 9.18 Å². The van der Waals surface area contributed by atoms with Crippen molar-refractivity contribution in [3.05, 3.63) is 46.7 Å². The first-order valence-electron chi connectivity index (χ1n) is 6.29. The van der Waals surface area contributed by atoms with Crippen molar-refractivity contribution in [2.75, 3.05) is 11.9 Å². The molecule has 2 aromatic rings. The van der Waals surface area contributed by atoms with Crippen molar-refractivity contribution >= 4 is 22.4 Å². The predicted molar refractivity (Wildman–Crippen MR) is 78.2 cm³/mol. The van der Waals surface area contributed by atoms with Gasteiger partial charge >= 0.3 is 0 Å². The number of carbonyl (C=O) groups is 1. The standard InChI is InChI=1S/C14H16FN3OS/c1-9(7-16)13(19)18-14-17-8-11(20-14)6-10-4-2-3-5-12(10)15/h2-5,8-9H,6-7,16H2,1H3,(H,17,18,19). The first-order chi connectivity index (χ1) is 9.60. The van der Waals surface area contributed by atoms with Crippen molar-refractivity contribution in [2.24, 2.45) is 11.7 Å². The zero-order valence-electron chi connectivity index (χ0n) is 11.1. The van der Waals surface area contributed by atoms with Gasteiger partial charge in [-0.05, 0) is 11.6 Å². The summed E-state index contributed by atoms with van der Waals surface area (Å²) in [6.45, 7) is 2.04. The van der Waals surface area contributed by atoms with Crippen LogP contribution < -0.4 is 11.1 Å². The molecule has 0 aliphatic carbocycles. The third-order valence-corrected chi connectivity index (χ3v) is 3.82. The molecule has 1 unspecified atom stereocenters. The van der Waals surface area contributed by atoms with Crippen LogP contribution in [0.5, 0.6) is 0 Å². The summed E-state index contributed by atoms with van der Waals surface area (Å²) in [6.07, 6.45) is 2.12. The van der Waals surface area contributed by atoms with Crippen LogP contribution in [0.3, 0.4) is 0 Å². The number of amides is 1. The Morgan fingerprint density at radius 2 is 2.25 bits per heavy atom. The molecule has 0 spiro atoms. The van der Waals surface area contributed by atoms with Crippen LogP contribution in [-0.4, -0.2) is 17.4 Å². The Labute approximate surface area is 120 Å². The SMILES string of the molecule is CC(CN)C(=O)Nc1ncc(Cc2ccccc2F)s1. The summed E-state index contributed by atoms with van der Waals surface area (Å²) in [5.74, 6) is -0.642. The van der Waals surface area contributed by atoms with Crippen molar-refractivity contribution in [2.45, 2.75) is 13.3 Å². The minimum Gasteiger partial charge on any atom is -0.330 e. The number of aromatic nitrogens is 1. The Bertz CT molecular complexity index is 600. The first-order valence-corrected chi connectivity index (χ1v) is 7.11. The van der Waals surface area contributed by atoms with Crippen LogP contribution in [0.15, 0.2) is 30.5 Å². The van der Waals surface area contributed by atoms with Gasteiger partial charge in [0, 0.05) is 30.0 Å². The van der Waals surface area contributed by atoms with Crippen LogP contribution in [0, 0.1) is 11.7 Å². The molecule has 3 N–H and O–H groups in total. The van der Waals surface area contributed by atoms with Crippen LogP contribution in [-0.2, 0) is 11.2 Å². The van der Waals surface area contributed by atoms with E-state index in [9.17, 15) is 9.18 Å². The third kappa shape index (κ3) is 3.61. The summed E-state index contributed by atoms with van der Waals surface area (Å²) in [5.41, 5.74) is 6.05. The lowest BCUT2D eigenvalue weighted by Crippen LogP contribution is -2.26. The molecular formula is C14H16FN3OS. The normalized spacial score (nSPS) is 12.2. The van der Waals surface area contributed by atoms with Gasteiger partial charge in [0.15, 0.2) is 5.13 Å². The fourth-order valence-electron chi connectivity index (χ4n) is 1.61. The van der Waals surface area contributed by atoms with E-state index in [1.54, 1.807) is 31.3 Å². The van der Waals surface area contributed by atoms with Crippen LogP contribution in [0.4, 0.5) is 9.52 Å². The maximum atomic E-state index is 13.5. The molecule has 0 bridgehead atoms. The Hall–Kier alpha value is -1.79. The van der Waals surface area contributed by atoms with Crippen molar-refractivity contribution in [3.8, 4) is 0 Å². The molecule has 2 rings (SSSR count). The third-order valence-electron chi connectivity index (χ3n) is 2.91. The Kier molecular flexibility index (Phi) is 4.81. The summed E-state index contributed by atoms with van der Waals surface area (Å²) in [4.78, 5) is 16.7. The Morgan fingerprint density at radius 3 is 2.95 bits per heavy atom. The number of hydrogen-bond acceptors (Lipinski definition) is 4. The average Bonchev–Trinajstić information content (AvgIpc) is 2.87. The number of thiazole rings is 1. The molecule has 0 radical (unpaired) electrons. The highest BCUT2D eigenvalue weighted by atomic mass is 32.1. The zero-order valence-corrected chi connectivity index (χ0v) is 11.9. The Balaban J connectivity index is 2.03. The molecule has 4 nitrogen and oxygen atoms in total. The number of rotatable bonds is 5. The lowest BCUT2D eigenvalue weighted by Gasteiger charge is -2.06. The Morgan fingerprint density at radius 1 is 1.50 bits per heavy atom. The monoisotopic (exact) mass is 293 g/mol. The fraction of sp³-hybridized carbons (Fsp3) is 0.286. The minimum absolute atomic E-state index is 0.153. The maximum Gasteiger partial charge on any atom is 0.230 e. The largest absolute Gasteiger partial charge is 0.330 e. The summed E-state index contributed by atoms with van der Waals surface area (Å²) < 4.78 is 13.5. The molecule has 0 saturated heterocycles. The van der Waals surface area contributed by atoms with E-state index in [1.165, 1.54) is 17.4 Å². The van der Waals surface area contributed by atoms with E-state index in [4.69, 9.17) is 5.73 Å². The first kappa shape index (κ1) is 14.6. The van der Waals surface area contributed by atoms with E-state index in [0.717, 1.165) is 4.88 Å². The van der Waals surface area contributed by atoms with Gasteiger partial charge in [-0.2, -0.15) is 0 Å². The molecule has 0 saturated carbocycles. The van der Waals surface area contributed by atoms with Gasteiger partial charge in [0.2, 0.25) is 5.91 Å². The lowest BCUT2D eigenvalue weighted by atomic mass is 10.1. The van der Waals surface area contributed by atoms with Crippen molar-refractivity contribution in [1.29, 1.82) is 0 Å². The molecule has 0 aliphatic heterocycles. The van der Waals surface area contributed by atoms with Gasteiger partial charge in [0.25, 0.3) is 0 Å². The average molecular weight is 293 g/mol. The van der Waals surface area contributed by atoms with Gasteiger partial charge in [0.1, 0.15) is 5.82 Å². The van der Waals surface area contributed by atoms with E-state index in [-0.39, 0.29) is 17.6 Å². The van der Waals surface area contributed by atoms with Crippen LogP contribution in [0.1, 0.15) is 17.4 Å². The molecule has 1 aromatic heterocycles. The smallest absolute Gasteiger partial charge is 0.230 e. The van der Waals surface area contributed by atoms with Crippen molar-refractivity contribution in [3.63, 3.8) is 0 Å². The molecule has 1 amide bonds. The maximum absolute atomic E-state index is 13.5. The van der Waals surface area contributed by atoms with E-state index in [0.29, 0.717) is 23.7 Å². The van der Waals surface area contributed by atoms with Crippen LogP contribution in [0.25, 0.3) is 0 Å². The second-order valence-electron chi connectivity index (χ2n) is 4.53. The van der Waals surface area contributed by atoms with E-state index in [2.05, 4.69) is 10.3 Å². The fourth-order valence-corrected chi connectivity index (χ4v) is 2.45. The van der Waals surface area contributed by atoms with Gasteiger partial charge < -0.3 is 11.1 Å². The van der Waals surface area contributed by atoms with Gasteiger partial charge in [-0.3, -0.25) is 4.79 Å². The summed E-state index contributed by atoms with van der Waals surface area (Å²) in [7, 11) is 0. The molecule has 6 heteroatoms. The van der Waals surface area contributed by atoms with Gasteiger partial charge in [-0.25, -0.2) is 9.37 Å². The highest BCUT2D eigenvalue weighted by Crippen LogP contribution is 2.22. The number of benzene rings is 1. The topological polar surface area (TPSA) is 68.0 Å².